The Labute approximate surface area is 119 Å². The van der Waals surface area contributed by atoms with E-state index in [4.69, 9.17) is 4.74 Å². The predicted molar refractivity (Wildman–Crippen MR) is 80.8 cm³/mol. The number of anilines is 1. The standard InChI is InChI=1S/C17H20FNO/c1-4-13-7-5-6-8-16(13)19-12(2)14-9-10-15(18)17(11-14)20-3/h5-12,19H,4H2,1-3H3. The van der Waals surface area contributed by atoms with Crippen molar-refractivity contribution in [2.75, 3.05) is 12.4 Å². The van der Waals surface area contributed by atoms with Crippen LogP contribution in [-0.4, -0.2) is 7.11 Å². The molecule has 0 aromatic heterocycles. The Morgan fingerprint density at radius 2 is 1.95 bits per heavy atom. The largest absolute Gasteiger partial charge is 0.494 e. The highest BCUT2D eigenvalue weighted by atomic mass is 19.1. The van der Waals surface area contributed by atoms with Gasteiger partial charge in [0.15, 0.2) is 11.6 Å². The smallest absolute Gasteiger partial charge is 0.165 e. The van der Waals surface area contributed by atoms with Crippen LogP contribution in [0.4, 0.5) is 10.1 Å². The number of ether oxygens (including phenoxy) is 1. The summed E-state index contributed by atoms with van der Waals surface area (Å²) in [7, 11) is 1.48. The van der Waals surface area contributed by atoms with Crippen molar-refractivity contribution >= 4 is 5.69 Å². The summed E-state index contributed by atoms with van der Waals surface area (Å²) in [5.74, 6) is -0.0580. The van der Waals surface area contributed by atoms with Gasteiger partial charge in [-0.25, -0.2) is 4.39 Å². The van der Waals surface area contributed by atoms with Crippen LogP contribution in [0.3, 0.4) is 0 Å². The molecule has 1 N–H and O–H groups in total. The van der Waals surface area contributed by atoms with Gasteiger partial charge in [-0.15, -0.1) is 0 Å². The second-order valence-electron chi connectivity index (χ2n) is 4.77. The van der Waals surface area contributed by atoms with Gasteiger partial charge in [0.25, 0.3) is 0 Å². The first kappa shape index (κ1) is 14.4. The van der Waals surface area contributed by atoms with Crippen molar-refractivity contribution in [3.8, 4) is 5.75 Å². The number of benzene rings is 2. The number of methoxy groups -OCH3 is 1. The van der Waals surface area contributed by atoms with Crippen LogP contribution in [-0.2, 0) is 6.42 Å². The van der Waals surface area contributed by atoms with Crippen LogP contribution in [0, 0.1) is 5.82 Å². The Bertz CT molecular complexity index is 583. The van der Waals surface area contributed by atoms with Crippen LogP contribution in [0.5, 0.6) is 5.75 Å². The molecule has 0 saturated heterocycles. The van der Waals surface area contributed by atoms with Gasteiger partial charge >= 0.3 is 0 Å². The average molecular weight is 273 g/mol. The summed E-state index contributed by atoms with van der Waals surface area (Å²) in [6, 6.07) is 13.3. The summed E-state index contributed by atoms with van der Waals surface area (Å²) in [6.07, 6.45) is 0.975. The van der Waals surface area contributed by atoms with E-state index in [-0.39, 0.29) is 17.6 Å². The lowest BCUT2D eigenvalue weighted by atomic mass is 10.1. The lowest BCUT2D eigenvalue weighted by Gasteiger charge is -2.19. The third-order valence-corrected chi connectivity index (χ3v) is 3.45. The Balaban J connectivity index is 2.21. The second kappa shape index (κ2) is 6.42. The van der Waals surface area contributed by atoms with Crippen molar-refractivity contribution in [2.24, 2.45) is 0 Å². The van der Waals surface area contributed by atoms with Gasteiger partial charge < -0.3 is 10.1 Å². The SMILES string of the molecule is CCc1ccccc1NC(C)c1ccc(F)c(OC)c1. The van der Waals surface area contributed by atoms with E-state index < -0.39 is 0 Å². The summed E-state index contributed by atoms with van der Waals surface area (Å²) in [5.41, 5.74) is 3.38. The monoisotopic (exact) mass is 273 g/mol. The molecule has 0 spiro atoms. The molecule has 1 unspecified atom stereocenters. The van der Waals surface area contributed by atoms with E-state index in [1.54, 1.807) is 12.1 Å². The Morgan fingerprint density at radius 1 is 1.20 bits per heavy atom. The molecule has 106 valence electrons. The molecule has 0 aliphatic heterocycles. The number of rotatable bonds is 5. The summed E-state index contributed by atoms with van der Waals surface area (Å²) in [4.78, 5) is 0. The fourth-order valence-corrected chi connectivity index (χ4v) is 2.23. The molecule has 0 saturated carbocycles. The molecule has 2 aromatic rings. The van der Waals surface area contributed by atoms with Crippen molar-refractivity contribution in [2.45, 2.75) is 26.3 Å². The normalized spacial score (nSPS) is 12.0. The van der Waals surface area contributed by atoms with Gasteiger partial charge in [0.1, 0.15) is 0 Å². The van der Waals surface area contributed by atoms with Gasteiger partial charge in [-0.2, -0.15) is 0 Å². The number of nitrogens with one attached hydrogen (secondary N) is 1. The van der Waals surface area contributed by atoms with Crippen molar-refractivity contribution in [3.63, 3.8) is 0 Å². The first-order valence-electron chi connectivity index (χ1n) is 6.83. The fourth-order valence-electron chi connectivity index (χ4n) is 2.23. The highest BCUT2D eigenvalue weighted by molar-refractivity contribution is 5.52. The minimum atomic E-state index is -0.336. The van der Waals surface area contributed by atoms with E-state index in [2.05, 4.69) is 31.3 Å². The molecule has 0 radical (unpaired) electrons. The van der Waals surface area contributed by atoms with Gasteiger partial charge in [-0.1, -0.05) is 31.2 Å². The van der Waals surface area contributed by atoms with Crippen LogP contribution in [0.15, 0.2) is 42.5 Å². The number of aryl methyl sites for hydroxylation is 1. The fraction of sp³-hybridized carbons (Fsp3) is 0.294. The zero-order valence-electron chi connectivity index (χ0n) is 12.1. The minimum Gasteiger partial charge on any atom is -0.494 e. The Kier molecular flexibility index (Phi) is 4.61. The van der Waals surface area contributed by atoms with Crippen LogP contribution < -0.4 is 10.1 Å². The molecule has 0 fully saturated rings. The minimum absolute atomic E-state index is 0.0807. The number of hydrogen-bond donors (Lipinski definition) is 1. The maximum absolute atomic E-state index is 13.4. The molecule has 1 atom stereocenters. The third kappa shape index (κ3) is 3.10. The number of para-hydroxylation sites is 1. The van der Waals surface area contributed by atoms with Crippen molar-refractivity contribution in [1.29, 1.82) is 0 Å². The maximum atomic E-state index is 13.4. The summed E-state index contributed by atoms with van der Waals surface area (Å²) in [5, 5.41) is 3.47. The van der Waals surface area contributed by atoms with E-state index in [1.807, 2.05) is 12.1 Å². The van der Waals surface area contributed by atoms with E-state index in [1.165, 1.54) is 18.7 Å². The van der Waals surface area contributed by atoms with E-state index in [0.717, 1.165) is 17.7 Å². The molecule has 0 aliphatic carbocycles. The molecule has 0 amide bonds. The molecular formula is C17H20FNO. The predicted octanol–water partition coefficient (Wildman–Crippen LogP) is 4.57. The van der Waals surface area contributed by atoms with Crippen LogP contribution in [0.2, 0.25) is 0 Å². The van der Waals surface area contributed by atoms with Gasteiger partial charge in [0.2, 0.25) is 0 Å². The zero-order chi connectivity index (χ0) is 14.5. The quantitative estimate of drug-likeness (QED) is 0.861. The molecule has 2 aromatic carbocycles. The first-order chi connectivity index (χ1) is 9.65. The average Bonchev–Trinajstić information content (AvgIpc) is 2.48. The molecule has 2 nitrogen and oxygen atoms in total. The van der Waals surface area contributed by atoms with E-state index >= 15 is 0 Å². The molecule has 0 heterocycles. The number of halogens is 1. The van der Waals surface area contributed by atoms with Gasteiger partial charge in [0.05, 0.1) is 7.11 Å². The van der Waals surface area contributed by atoms with E-state index in [0.29, 0.717) is 0 Å². The molecular weight excluding hydrogens is 253 g/mol. The Hall–Kier alpha value is -2.03. The lowest BCUT2D eigenvalue weighted by molar-refractivity contribution is 0.385. The molecule has 3 heteroatoms. The maximum Gasteiger partial charge on any atom is 0.165 e. The first-order valence-corrected chi connectivity index (χ1v) is 6.83. The highest BCUT2D eigenvalue weighted by Gasteiger charge is 2.10. The zero-order valence-corrected chi connectivity index (χ0v) is 12.1. The molecule has 2 rings (SSSR count). The van der Waals surface area contributed by atoms with Gasteiger partial charge in [0, 0.05) is 11.7 Å². The summed E-state index contributed by atoms with van der Waals surface area (Å²) >= 11 is 0. The summed E-state index contributed by atoms with van der Waals surface area (Å²) < 4.78 is 18.5. The third-order valence-electron chi connectivity index (χ3n) is 3.45. The highest BCUT2D eigenvalue weighted by Crippen LogP contribution is 2.26. The van der Waals surface area contributed by atoms with Gasteiger partial charge in [-0.05, 0) is 42.7 Å². The second-order valence-corrected chi connectivity index (χ2v) is 4.77. The van der Waals surface area contributed by atoms with Gasteiger partial charge in [-0.3, -0.25) is 0 Å². The number of hydrogen-bond acceptors (Lipinski definition) is 2. The van der Waals surface area contributed by atoms with Crippen LogP contribution >= 0.6 is 0 Å². The summed E-state index contributed by atoms with van der Waals surface area (Å²) in [6.45, 7) is 4.19. The Morgan fingerprint density at radius 3 is 2.65 bits per heavy atom. The van der Waals surface area contributed by atoms with Crippen molar-refractivity contribution in [1.82, 2.24) is 0 Å². The molecule has 0 bridgehead atoms. The topological polar surface area (TPSA) is 21.3 Å². The van der Waals surface area contributed by atoms with Crippen LogP contribution in [0.25, 0.3) is 0 Å². The lowest BCUT2D eigenvalue weighted by Crippen LogP contribution is -2.08. The van der Waals surface area contributed by atoms with Crippen molar-refractivity contribution < 1.29 is 9.13 Å². The molecule has 0 aliphatic rings. The molecule has 20 heavy (non-hydrogen) atoms. The van der Waals surface area contributed by atoms with E-state index in [9.17, 15) is 4.39 Å². The van der Waals surface area contributed by atoms with Crippen molar-refractivity contribution in [3.05, 3.63) is 59.4 Å². The van der Waals surface area contributed by atoms with Crippen LogP contribution in [0.1, 0.15) is 31.0 Å².